The molecule has 1 saturated heterocycles. The van der Waals surface area contributed by atoms with Crippen molar-refractivity contribution in [2.45, 2.75) is 50.5 Å². The maximum atomic E-state index is 9.66. The van der Waals surface area contributed by atoms with Crippen LogP contribution in [0.3, 0.4) is 0 Å². The lowest BCUT2D eigenvalue weighted by molar-refractivity contribution is 0.254. The van der Waals surface area contributed by atoms with Crippen molar-refractivity contribution >= 4 is 11.6 Å². The van der Waals surface area contributed by atoms with Crippen molar-refractivity contribution in [3.63, 3.8) is 0 Å². The van der Waals surface area contributed by atoms with Gasteiger partial charge in [0, 0.05) is 25.6 Å². The Balaban J connectivity index is 1.91. The van der Waals surface area contributed by atoms with Gasteiger partial charge in [-0.1, -0.05) is 12.8 Å². The van der Waals surface area contributed by atoms with Crippen LogP contribution >= 0.6 is 0 Å². The lowest BCUT2D eigenvalue weighted by Gasteiger charge is -2.30. The molecular weight excluding hydrogens is 252 g/mol. The first-order chi connectivity index (χ1) is 9.81. The summed E-state index contributed by atoms with van der Waals surface area (Å²) in [6.07, 6.45) is 7.07. The van der Waals surface area contributed by atoms with Crippen LogP contribution in [0.5, 0.6) is 0 Å². The van der Waals surface area contributed by atoms with Crippen LogP contribution < -0.4 is 10.2 Å². The molecule has 3 rings (SSSR count). The molecule has 1 saturated carbocycles. The molecule has 1 atom stereocenters. The van der Waals surface area contributed by atoms with Crippen LogP contribution in [0.1, 0.15) is 50.3 Å². The third-order valence-electron chi connectivity index (χ3n) is 4.31. The first-order valence-corrected chi connectivity index (χ1v) is 7.76. The van der Waals surface area contributed by atoms with Crippen molar-refractivity contribution in [1.29, 1.82) is 0 Å². The molecule has 2 fully saturated rings. The Morgan fingerprint density at radius 1 is 1.25 bits per heavy atom. The summed E-state index contributed by atoms with van der Waals surface area (Å²) in [6.45, 7) is 1.19. The summed E-state index contributed by atoms with van der Waals surface area (Å²) in [5, 5.41) is 12.8. The first-order valence-electron chi connectivity index (χ1n) is 7.76. The molecule has 1 aliphatic carbocycles. The van der Waals surface area contributed by atoms with E-state index in [1.54, 1.807) is 0 Å². The summed E-state index contributed by atoms with van der Waals surface area (Å²) in [5.74, 6) is 3.37. The molecule has 2 aliphatic rings. The fourth-order valence-electron chi connectivity index (χ4n) is 2.92. The van der Waals surface area contributed by atoms with Gasteiger partial charge in [-0.25, -0.2) is 9.97 Å². The number of rotatable bonds is 4. The Hall–Kier alpha value is -1.36. The fourth-order valence-corrected chi connectivity index (χ4v) is 2.92. The third kappa shape index (κ3) is 2.87. The summed E-state index contributed by atoms with van der Waals surface area (Å²) < 4.78 is 0. The van der Waals surface area contributed by atoms with E-state index < -0.39 is 0 Å². The molecule has 1 aromatic rings. The van der Waals surface area contributed by atoms with E-state index in [1.165, 1.54) is 32.1 Å². The van der Waals surface area contributed by atoms with E-state index in [0.717, 1.165) is 30.4 Å². The molecule has 0 amide bonds. The van der Waals surface area contributed by atoms with Gasteiger partial charge in [0.25, 0.3) is 0 Å². The van der Waals surface area contributed by atoms with Crippen LogP contribution in [-0.4, -0.2) is 41.3 Å². The van der Waals surface area contributed by atoms with Crippen molar-refractivity contribution < 1.29 is 5.11 Å². The van der Waals surface area contributed by atoms with Crippen molar-refractivity contribution in [2.75, 3.05) is 30.4 Å². The van der Waals surface area contributed by atoms with E-state index in [-0.39, 0.29) is 12.6 Å². The maximum Gasteiger partial charge on any atom is 0.136 e. The van der Waals surface area contributed by atoms with Crippen LogP contribution in [0.25, 0.3) is 0 Å². The van der Waals surface area contributed by atoms with Crippen LogP contribution in [0.15, 0.2) is 6.07 Å². The number of hydrogen-bond donors (Lipinski definition) is 2. The minimum atomic E-state index is 0.198. The second-order valence-corrected chi connectivity index (χ2v) is 5.87. The monoisotopic (exact) mass is 276 g/mol. The van der Waals surface area contributed by atoms with E-state index >= 15 is 0 Å². The van der Waals surface area contributed by atoms with Gasteiger partial charge in [0.1, 0.15) is 17.5 Å². The van der Waals surface area contributed by atoms with E-state index in [4.69, 9.17) is 4.98 Å². The van der Waals surface area contributed by atoms with Gasteiger partial charge in [-0.15, -0.1) is 0 Å². The standard InChI is InChI=1S/C15H24N4O/c1-16-13-9-14(18-15(17-13)11-6-7-11)19-8-4-2-3-5-12(19)10-20/h9,11-12,20H,2-8,10H2,1H3,(H,16,17,18). The molecule has 0 spiro atoms. The highest BCUT2D eigenvalue weighted by molar-refractivity contribution is 5.50. The molecular formula is C15H24N4O. The number of aliphatic hydroxyl groups is 1. The van der Waals surface area contributed by atoms with Crippen molar-refractivity contribution in [2.24, 2.45) is 0 Å². The van der Waals surface area contributed by atoms with Gasteiger partial charge in [-0.05, 0) is 25.7 Å². The molecule has 110 valence electrons. The van der Waals surface area contributed by atoms with Crippen LogP contribution in [0.2, 0.25) is 0 Å². The number of nitrogens with zero attached hydrogens (tertiary/aromatic N) is 3. The Kier molecular flexibility index (Phi) is 4.05. The molecule has 1 unspecified atom stereocenters. The molecule has 2 heterocycles. The van der Waals surface area contributed by atoms with E-state index in [0.29, 0.717) is 5.92 Å². The van der Waals surface area contributed by atoms with Crippen LogP contribution in [0, 0.1) is 0 Å². The highest BCUT2D eigenvalue weighted by Gasteiger charge is 2.29. The number of hydrogen-bond acceptors (Lipinski definition) is 5. The van der Waals surface area contributed by atoms with Gasteiger partial charge >= 0.3 is 0 Å². The molecule has 0 aromatic carbocycles. The number of aromatic nitrogens is 2. The molecule has 20 heavy (non-hydrogen) atoms. The largest absolute Gasteiger partial charge is 0.394 e. The normalized spacial score (nSPS) is 23.5. The van der Waals surface area contributed by atoms with Crippen molar-refractivity contribution in [3.05, 3.63) is 11.9 Å². The molecule has 5 heteroatoms. The zero-order valence-corrected chi connectivity index (χ0v) is 12.2. The predicted octanol–water partition coefficient (Wildman–Crippen LogP) is 2.14. The van der Waals surface area contributed by atoms with Gasteiger partial charge in [0.05, 0.1) is 12.6 Å². The number of aliphatic hydroxyl groups excluding tert-OH is 1. The average molecular weight is 276 g/mol. The maximum absolute atomic E-state index is 9.66. The lowest BCUT2D eigenvalue weighted by Crippen LogP contribution is -2.38. The van der Waals surface area contributed by atoms with Gasteiger partial charge in [-0.3, -0.25) is 0 Å². The zero-order chi connectivity index (χ0) is 13.9. The highest BCUT2D eigenvalue weighted by Crippen LogP contribution is 2.39. The first kappa shape index (κ1) is 13.6. The quantitative estimate of drug-likeness (QED) is 0.882. The molecule has 1 aliphatic heterocycles. The van der Waals surface area contributed by atoms with Gasteiger partial charge in [-0.2, -0.15) is 0 Å². The molecule has 0 radical (unpaired) electrons. The fraction of sp³-hybridized carbons (Fsp3) is 0.733. The highest BCUT2D eigenvalue weighted by atomic mass is 16.3. The van der Waals surface area contributed by atoms with E-state index in [1.807, 2.05) is 13.1 Å². The van der Waals surface area contributed by atoms with Crippen LogP contribution in [-0.2, 0) is 0 Å². The summed E-state index contributed by atoms with van der Waals surface area (Å²) in [4.78, 5) is 11.6. The van der Waals surface area contributed by atoms with Crippen molar-refractivity contribution in [3.8, 4) is 0 Å². The molecule has 1 aromatic heterocycles. The van der Waals surface area contributed by atoms with Gasteiger partial charge in [0.15, 0.2) is 0 Å². The Morgan fingerprint density at radius 2 is 2.10 bits per heavy atom. The number of nitrogens with one attached hydrogen (secondary N) is 1. The summed E-state index contributed by atoms with van der Waals surface area (Å²) in [5.41, 5.74) is 0. The minimum absolute atomic E-state index is 0.198. The number of anilines is 2. The second kappa shape index (κ2) is 5.95. The molecule has 0 bridgehead atoms. The van der Waals surface area contributed by atoms with Crippen LogP contribution in [0.4, 0.5) is 11.6 Å². The summed E-state index contributed by atoms with van der Waals surface area (Å²) in [7, 11) is 1.90. The average Bonchev–Trinajstić information content (AvgIpc) is 3.32. The molecule has 2 N–H and O–H groups in total. The molecule has 5 nitrogen and oxygen atoms in total. The summed E-state index contributed by atoms with van der Waals surface area (Å²) in [6, 6.07) is 2.21. The predicted molar refractivity (Wildman–Crippen MR) is 80.2 cm³/mol. The van der Waals surface area contributed by atoms with Gasteiger partial charge in [0.2, 0.25) is 0 Å². The summed E-state index contributed by atoms with van der Waals surface area (Å²) >= 11 is 0. The Morgan fingerprint density at radius 3 is 2.80 bits per heavy atom. The van der Waals surface area contributed by atoms with E-state index in [2.05, 4.69) is 15.2 Å². The lowest BCUT2D eigenvalue weighted by atomic mass is 10.1. The van der Waals surface area contributed by atoms with Gasteiger partial charge < -0.3 is 15.3 Å². The third-order valence-corrected chi connectivity index (χ3v) is 4.31. The topological polar surface area (TPSA) is 61.3 Å². The minimum Gasteiger partial charge on any atom is -0.394 e. The van der Waals surface area contributed by atoms with Crippen molar-refractivity contribution in [1.82, 2.24) is 9.97 Å². The second-order valence-electron chi connectivity index (χ2n) is 5.87. The zero-order valence-electron chi connectivity index (χ0n) is 12.2. The Labute approximate surface area is 120 Å². The smallest absolute Gasteiger partial charge is 0.136 e. The SMILES string of the molecule is CNc1cc(N2CCCCCC2CO)nc(C2CC2)n1. The van der Waals surface area contributed by atoms with E-state index in [9.17, 15) is 5.11 Å². The Bertz CT molecular complexity index is 461.